The number of nitrogens with two attached hydrogens (primary N) is 1. The van der Waals surface area contributed by atoms with Crippen LogP contribution < -0.4 is 17.1 Å². The van der Waals surface area contributed by atoms with Crippen molar-refractivity contribution in [2.75, 3.05) is 28.4 Å². The molecule has 30 heavy (non-hydrogen) atoms. The Morgan fingerprint density at radius 1 is 1.27 bits per heavy atom. The fraction of sp³-hybridized carbons (Fsp3) is 0.733. The van der Waals surface area contributed by atoms with Gasteiger partial charge in [-0.05, 0) is 0 Å². The number of ether oxygens (including phenoxy) is 2. The van der Waals surface area contributed by atoms with Gasteiger partial charge >= 0.3 is 22.2 Å². The van der Waals surface area contributed by atoms with Gasteiger partial charge in [0.2, 0.25) is 0 Å². The number of methoxy groups -OCH3 is 1. The van der Waals surface area contributed by atoms with Crippen molar-refractivity contribution in [2.24, 2.45) is 11.8 Å². The van der Waals surface area contributed by atoms with Crippen molar-refractivity contribution in [1.29, 1.82) is 0 Å². The Labute approximate surface area is 173 Å². The van der Waals surface area contributed by atoms with Gasteiger partial charge in [0, 0.05) is 38.8 Å². The molecule has 7 atom stereocenters. The molecule has 0 bridgehead atoms. The summed E-state index contributed by atoms with van der Waals surface area (Å²) in [6.45, 7) is 0. The molecule has 0 spiro atoms. The van der Waals surface area contributed by atoms with E-state index in [-0.39, 0.29) is 11.6 Å². The molecular formula is C15H26N3O10P2+. The minimum atomic E-state index is -3.09. The lowest BCUT2D eigenvalue weighted by Crippen LogP contribution is -2.39. The van der Waals surface area contributed by atoms with Crippen LogP contribution in [0.5, 0.6) is 0 Å². The van der Waals surface area contributed by atoms with Crippen molar-refractivity contribution in [2.45, 2.75) is 36.6 Å². The molecule has 2 heterocycles. The molecule has 0 aromatic carbocycles. The molecule has 7 unspecified atom stereocenters. The topological polar surface area (TPSA) is 166 Å². The predicted molar refractivity (Wildman–Crippen MR) is 105 cm³/mol. The first-order valence-electron chi connectivity index (χ1n) is 8.94. The van der Waals surface area contributed by atoms with Crippen LogP contribution in [0, 0.1) is 5.92 Å². The Hall–Kier alpha value is -0.820. The fourth-order valence-electron chi connectivity index (χ4n) is 3.72. The first-order valence-corrected chi connectivity index (χ1v) is 11.7. The van der Waals surface area contributed by atoms with Gasteiger partial charge in [-0.3, -0.25) is 14.3 Å². The van der Waals surface area contributed by atoms with Gasteiger partial charge < -0.3 is 18.5 Å². The maximum Gasteiger partial charge on any atom is 0.411 e. The normalized spacial score (nSPS) is 32.3. The summed E-state index contributed by atoms with van der Waals surface area (Å²) in [5.41, 5.74) is -1.51. The van der Waals surface area contributed by atoms with Gasteiger partial charge in [-0.2, -0.15) is 13.9 Å². The molecule has 0 radical (unpaired) electrons. The van der Waals surface area contributed by atoms with Crippen LogP contribution in [0.25, 0.3) is 0 Å². The van der Waals surface area contributed by atoms with Crippen molar-refractivity contribution < 1.29 is 37.1 Å². The fourth-order valence-corrected chi connectivity index (χ4v) is 6.23. The summed E-state index contributed by atoms with van der Waals surface area (Å²) in [6.07, 6.45) is -1.21. The molecule has 1 saturated carbocycles. The maximum absolute atomic E-state index is 12.3. The van der Waals surface area contributed by atoms with Crippen LogP contribution >= 0.6 is 16.5 Å². The molecule has 1 aliphatic heterocycles. The van der Waals surface area contributed by atoms with Gasteiger partial charge in [-0.15, -0.1) is 0 Å². The van der Waals surface area contributed by atoms with Crippen molar-refractivity contribution in [3.05, 3.63) is 33.1 Å². The van der Waals surface area contributed by atoms with Gasteiger partial charge in [0.15, 0.2) is 11.9 Å². The SMILES string of the molecule is COC1C(OP(OC)ON)C(C2CC2[P+](O)(OC)OC)OC1n1ccc(=O)[nH]c1=O. The Morgan fingerprint density at radius 2 is 1.97 bits per heavy atom. The second kappa shape index (κ2) is 9.76. The van der Waals surface area contributed by atoms with E-state index < -0.39 is 52.3 Å². The Morgan fingerprint density at radius 3 is 2.50 bits per heavy atom. The average molecular weight is 470 g/mol. The number of hydrogen-bond donors (Lipinski definition) is 3. The Balaban J connectivity index is 1.93. The molecule has 13 nitrogen and oxygen atoms in total. The summed E-state index contributed by atoms with van der Waals surface area (Å²) in [5, 5.41) is 0. The monoisotopic (exact) mass is 470 g/mol. The summed E-state index contributed by atoms with van der Waals surface area (Å²) in [5.74, 6) is 5.03. The standard InChI is InChI=1S/C15H25N3O10P2/c1-22-13-12(27-29(23-2)28-16)11(8-7-9(8)30(21,24-3)25-4)26-14(13)18-6-5-10(19)17-15(18)20/h5-6,8-9,11-14,21H,7,16H2,1-4H3/p+1. The number of hydrogen-bond acceptors (Lipinski definition) is 11. The highest BCUT2D eigenvalue weighted by molar-refractivity contribution is 7.61. The molecule has 2 fully saturated rings. The van der Waals surface area contributed by atoms with E-state index in [1.807, 2.05) is 0 Å². The third-order valence-electron chi connectivity index (χ3n) is 5.23. The molecule has 3 rings (SSSR count). The van der Waals surface area contributed by atoms with Gasteiger partial charge in [-0.25, -0.2) is 15.3 Å². The first kappa shape index (κ1) is 23.8. The van der Waals surface area contributed by atoms with Crippen LogP contribution in [-0.2, 0) is 32.2 Å². The molecule has 2 aliphatic rings. The summed E-state index contributed by atoms with van der Waals surface area (Å²) in [6, 6.07) is 1.20. The second-order valence-corrected chi connectivity index (χ2v) is 10.4. The lowest BCUT2D eigenvalue weighted by atomic mass is 10.1. The predicted octanol–water partition coefficient (Wildman–Crippen LogP) is 0.0340. The quantitative estimate of drug-likeness (QED) is 0.312. The van der Waals surface area contributed by atoms with E-state index in [9.17, 15) is 14.5 Å². The van der Waals surface area contributed by atoms with Crippen molar-refractivity contribution in [1.82, 2.24) is 9.55 Å². The zero-order valence-corrected chi connectivity index (χ0v) is 18.7. The molecule has 170 valence electrons. The summed E-state index contributed by atoms with van der Waals surface area (Å²) in [7, 11) is 0.562. The number of aromatic amines is 1. The van der Waals surface area contributed by atoms with E-state index in [4.69, 9.17) is 38.1 Å². The van der Waals surface area contributed by atoms with Crippen molar-refractivity contribution in [3.63, 3.8) is 0 Å². The molecular weight excluding hydrogens is 444 g/mol. The molecule has 4 N–H and O–H groups in total. The van der Waals surface area contributed by atoms with E-state index in [2.05, 4.69) is 4.98 Å². The van der Waals surface area contributed by atoms with Gasteiger partial charge in [0.1, 0.15) is 12.2 Å². The van der Waals surface area contributed by atoms with Gasteiger partial charge in [0.25, 0.3) is 5.56 Å². The molecule has 15 heteroatoms. The molecule has 1 saturated heterocycles. The van der Waals surface area contributed by atoms with Gasteiger partial charge in [-0.1, -0.05) is 0 Å². The lowest BCUT2D eigenvalue weighted by molar-refractivity contribution is -0.0572. The maximum atomic E-state index is 12.3. The Kier molecular flexibility index (Phi) is 7.76. The largest absolute Gasteiger partial charge is 0.411 e. The number of H-pyrrole nitrogens is 1. The Bertz CT molecular complexity index is 829. The van der Waals surface area contributed by atoms with Crippen LogP contribution in [0.15, 0.2) is 21.9 Å². The highest BCUT2D eigenvalue weighted by atomic mass is 31.2. The van der Waals surface area contributed by atoms with E-state index in [0.717, 1.165) is 0 Å². The molecule has 1 aliphatic carbocycles. The van der Waals surface area contributed by atoms with E-state index >= 15 is 0 Å². The van der Waals surface area contributed by atoms with Crippen LogP contribution in [0.1, 0.15) is 12.6 Å². The molecule has 1 aromatic heterocycles. The summed E-state index contributed by atoms with van der Waals surface area (Å²) >= 11 is 0. The van der Waals surface area contributed by atoms with E-state index in [1.165, 1.54) is 45.3 Å². The third kappa shape index (κ3) is 4.52. The average Bonchev–Trinajstić information content (AvgIpc) is 3.47. The van der Waals surface area contributed by atoms with Crippen molar-refractivity contribution in [3.8, 4) is 0 Å². The lowest BCUT2D eigenvalue weighted by Gasteiger charge is -2.25. The number of aromatic nitrogens is 2. The summed E-state index contributed by atoms with van der Waals surface area (Å²) in [4.78, 5) is 36.6. The van der Waals surface area contributed by atoms with Crippen LogP contribution in [0.4, 0.5) is 0 Å². The van der Waals surface area contributed by atoms with E-state index in [0.29, 0.717) is 6.42 Å². The molecule has 0 amide bonds. The second-order valence-electron chi connectivity index (χ2n) is 6.69. The minimum Gasteiger partial charge on any atom is -0.374 e. The zero-order valence-electron chi connectivity index (χ0n) is 16.9. The van der Waals surface area contributed by atoms with Crippen LogP contribution in [-0.4, -0.2) is 66.9 Å². The number of nitrogens with one attached hydrogen (secondary N) is 1. The number of rotatable bonds is 10. The third-order valence-corrected chi connectivity index (χ3v) is 8.60. The van der Waals surface area contributed by atoms with Crippen LogP contribution in [0.3, 0.4) is 0 Å². The summed E-state index contributed by atoms with van der Waals surface area (Å²) < 4.78 is 39.1. The molecule has 1 aromatic rings. The van der Waals surface area contributed by atoms with Gasteiger partial charge in [0.05, 0.1) is 20.3 Å². The number of nitrogens with zero attached hydrogens (tertiary/aromatic N) is 1. The van der Waals surface area contributed by atoms with E-state index in [1.54, 1.807) is 0 Å². The zero-order chi connectivity index (χ0) is 22.1. The van der Waals surface area contributed by atoms with Crippen molar-refractivity contribution >= 4 is 16.5 Å². The highest BCUT2D eigenvalue weighted by Gasteiger charge is 2.69. The highest BCUT2D eigenvalue weighted by Crippen LogP contribution is 2.72. The van der Waals surface area contributed by atoms with Crippen LogP contribution in [0.2, 0.25) is 0 Å². The first-order chi connectivity index (χ1) is 14.3. The smallest absolute Gasteiger partial charge is 0.374 e. The minimum absolute atomic E-state index is 0.208.